The number of rotatable bonds is 2. The van der Waals surface area contributed by atoms with Crippen LogP contribution >= 0.6 is 15.9 Å². The number of benzene rings is 1. The number of anilines is 1. The highest BCUT2D eigenvalue weighted by Crippen LogP contribution is 2.42. The molecule has 118 valence electrons. The van der Waals surface area contributed by atoms with E-state index in [9.17, 15) is 4.79 Å². The minimum atomic E-state index is 0.0187. The SMILES string of the molecule is CC1CC(C(=O)Nc2nc3ccc(Br)cc3o2)CC(C)(C)C1. The lowest BCUT2D eigenvalue weighted by molar-refractivity contribution is -0.122. The molecule has 0 bridgehead atoms. The molecule has 1 aromatic heterocycles. The number of oxazole rings is 1. The van der Waals surface area contributed by atoms with Gasteiger partial charge in [-0.25, -0.2) is 0 Å². The second kappa shape index (κ2) is 5.69. The largest absolute Gasteiger partial charge is 0.423 e. The zero-order chi connectivity index (χ0) is 15.9. The van der Waals surface area contributed by atoms with Crippen molar-refractivity contribution in [1.82, 2.24) is 4.98 Å². The number of nitrogens with one attached hydrogen (secondary N) is 1. The highest BCUT2D eigenvalue weighted by molar-refractivity contribution is 9.10. The molecule has 1 N–H and O–H groups in total. The number of nitrogens with zero attached hydrogens (tertiary/aromatic N) is 1. The predicted octanol–water partition coefficient (Wildman–Crippen LogP) is 4.99. The van der Waals surface area contributed by atoms with Crippen molar-refractivity contribution in [3.05, 3.63) is 22.7 Å². The van der Waals surface area contributed by atoms with Gasteiger partial charge in [-0.2, -0.15) is 4.98 Å². The lowest BCUT2D eigenvalue weighted by Crippen LogP contribution is -2.34. The van der Waals surface area contributed by atoms with Gasteiger partial charge in [-0.1, -0.05) is 36.7 Å². The van der Waals surface area contributed by atoms with E-state index in [1.165, 1.54) is 6.42 Å². The first-order valence-corrected chi connectivity index (χ1v) is 8.49. The van der Waals surface area contributed by atoms with Crippen molar-refractivity contribution in [1.29, 1.82) is 0 Å². The molecular weight excluding hydrogens is 344 g/mol. The molecule has 1 heterocycles. The normalized spacial score (nSPS) is 24.4. The molecule has 1 aromatic carbocycles. The minimum Gasteiger partial charge on any atom is -0.423 e. The van der Waals surface area contributed by atoms with Crippen LogP contribution < -0.4 is 5.32 Å². The summed E-state index contributed by atoms with van der Waals surface area (Å²) < 4.78 is 6.54. The number of fused-ring (bicyclic) bond motifs is 1. The van der Waals surface area contributed by atoms with Crippen molar-refractivity contribution in [3.8, 4) is 0 Å². The molecule has 1 amide bonds. The molecule has 5 heteroatoms. The van der Waals surface area contributed by atoms with Gasteiger partial charge in [-0.3, -0.25) is 10.1 Å². The first-order valence-electron chi connectivity index (χ1n) is 7.69. The molecule has 1 saturated carbocycles. The average Bonchev–Trinajstić information content (AvgIpc) is 2.77. The highest BCUT2D eigenvalue weighted by Gasteiger charge is 2.35. The molecule has 0 radical (unpaired) electrons. The fourth-order valence-electron chi connectivity index (χ4n) is 3.71. The summed E-state index contributed by atoms with van der Waals surface area (Å²) in [5.74, 6) is 0.616. The molecule has 1 aliphatic rings. The van der Waals surface area contributed by atoms with Crippen LogP contribution in [0.25, 0.3) is 11.1 Å². The Labute approximate surface area is 138 Å². The summed E-state index contributed by atoms with van der Waals surface area (Å²) >= 11 is 3.40. The average molecular weight is 365 g/mol. The quantitative estimate of drug-likeness (QED) is 0.816. The molecule has 1 fully saturated rings. The monoisotopic (exact) mass is 364 g/mol. The van der Waals surface area contributed by atoms with E-state index < -0.39 is 0 Å². The van der Waals surface area contributed by atoms with Crippen LogP contribution in [-0.4, -0.2) is 10.9 Å². The van der Waals surface area contributed by atoms with Crippen molar-refractivity contribution in [2.75, 3.05) is 5.32 Å². The van der Waals surface area contributed by atoms with Crippen LogP contribution in [0.15, 0.2) is 27.1 Å². The van der Waals surface area contributed by atoms with Gasteiger partial charge in [0, 0.05) is 10.4 Å². The molecule has 2 aromatic rings. The Morgan fingerprint density at radius 1 is 1.41 bits per heavy atom. The summed E-state index contributed by atoms with van der Waals surface area (Å²) in [5, 5.41) is 2.85. The number of amides is 1. The molecule has 0 saturated heterocycles. The van der Waals surface area contributed by atoms with Crippen LogP contribution in [0.3, 0.4) is 0 Å². The van der Waals surface area contributed by atoms with E-state index >= 15 is 0 Å². The maximum absolute atomic E-state index is 12.5. The van der Waals surface area contributed by atoms with E-state index in [4.69, 9.17) is 4.42 Å². The van der Waals surface area contributed by atoms with Crippen LogP contribution in [0.2, 0.25) is 0 Å². The Morgan fingerprint density at radius 2 is 2.18 bits per heavy atom. The molecular formula is C17H21BrN2O2. The molecule has 0 spiro atoms. The summed E-state index contributed by atoms with van der Waals surface area (Å²) in [4.78, 5) is 16.8. The van der Waals surface area contributed by atoms with Gasteiger partial charge < -0.3 is 4.42 Å². The van der Waals surface area contributed by atoms with Gasteiger partial charge >= 0.3 is 6.01 Å². The van der Waals surface area contributed by atoms with Crippen molar-refractivity contribution in [2.24, 2.45) is 17.3 Å². The summed E-state index contributed by atoms with van der Waals surface area (Å²) in [6.45, 7) is 6.69. The first-order chi connectivity index (χ1) is 10.3. The van der Waals surface area contributed by atoms with Crippen LogP contribution in [0, 0.1) is 17.3 Å². The van der Waals surface area contributed by atoms with Gasteiger partial charge in [-0.15, -0.1) is 0 Å². The number of halogens is 1. The number of hydrogen-bond donors (Lipinski definition) is 1. The molecule has 0 aliphatic heterocycles. The van der Waals surface area contributed by atoms with Crippen LogP contribution in [-0.2, 0) is 4.79 Å². The topological polar surface area (TPSA) is 55.1 Å². The van der Waals surface area contributed by atoms with Crippen molar-refractivity contribution in [2.45, 2.75) is 40.0 Å². The standard InChI is InChI=1S/C17H21BrN2O2/c1-10-6-11(9-17(2,3)8-10)15(21)20-16-19-13-5-4-12(18)7-14(13)22-16/h4-5,7,10-11H,6,8-9H2,1-3H3,(H,19,20,21). The zero-order valence-corrected chi connectivity index (χ0v) is 14.7. The first kappa shape index (κ1) is 15.5. The fourth-order valence-corrected chi connectivity index (χ4v) is 4.05. The number of carbonyl (C=O) groups is 1. The molecule has 22 heavy (non-hydrogen) atoms. The van der Waals surface area contributed by atoms with E-state index in [1.807, 2.05) is 18.2 Å². The Kier molecular flexibility index (Phi) is 4.02. The Hall–Kier alpha value is -1.36. The maximum atomic E-state index is 12.5. The lowest BCUT2D eigenvalue weighted by atomic mass is 9.68. The summed E-state index contributed by atoms with van der Waals surface area (Å²) in [5.41, 5.74) is 1.63. The lowest BCUT2D eigenvalue weighted by Gasteiger charge is -2.38. The highest BCUT2D eigenvalue weighted by atomic mass is 79.9. The van der Waals surface area contributed by atoms with E-state index in [0.717, 1.165) is 22.8 Å². The summed E-state index contributed by atoms with van der Waals surface area (Å²) in [6.07, 6.45) is 3.02. The van der Waals surface area contributed by atoms with Gasteiger partial charge in [-0.05, 0) is 48.8 Å². The number of hydrogen-bond acceptors (Lipinski definition) is 3. The van der Waals surface area contributed by atoms with Gasteiger partial charge in [0.15, 0.2) is 5.58 Å². The molecule has 1 aliphatic carbocycles. The Balaban J connectivity index is 1.75. The van der Waals surface area contributed by atoms with Crippen LogP contribution in [0.5, 0.6) is 0 Å². The fraction of sp³-hybridized carbons (Fsp3) is 0.529. The minimum absolute atomic E-state index is 0.0187. The number of carbonyl (C=O) groups excluding carboxylic acids is 1. The summed E-state index contributed by atoms with van der Waals surface area (Å²) in [6, 6.07) is 5.91. The van der Waals surface area contributed by atoms with E-state index in [2.05, 4.69) is 47.0 Å². The third-order valence-electron chi connectivity index (χ3n) is 4.34. The molecule has 3 rings (SSSR count). The van der Waals surface area contributed by atoms with E-state index in [-0.39, 0.29) is 23.3 Å². The third-order valence-corrected chi connectivity index (χ3v) is 4.83. The van der Waals surface area contributed by atoms with Crippen LogP contribution in [0.4, 0.5) is 6.01 Å². The van der Waals surface area contributed by atoms with Gasteiger partial charge in [0.05, 0.1) is 0 Å². The predicted molar refractivity (Wildman–Crippen MR) is 90.6 cm³/mol. The van der Waals surface area contributed by atoms with Crippen molar-refractivity contribution < 1.29 is 9.21 Å². The molecule has 2 unspecified atom stereocenters. The van der Waals surface area contributed by atoms with Gasteiger partial charge in [0.1, 0.15) is 5.52 Å². The smallest absolute Gasteiger partial charge is 0.302 e. The van der Waals surface area contributed by atoms with E-state index in [0.29, 0.717) is 11.5 Å². The van der Waals surface area contributed by atoms with E-state index in [1.54, 1.807) is 0 Å². The number of aromatic nitrogens is 1. The Morgan fingerprint density at radius 3 is 2.91 bits per heavy atom. The van der Waals surface area contributed by atoms with Gasteiger partial charge in [0.2, 0.25) is 5.91 Å². The van der Waals surface area contributed by atoms with Crippen LogP contribution in [0.1, 0.15) is 40.0 Å². The van der Waals surface area contributed by atoms with Gasteiger partial charge in [0.25, 0.3) is 0 Å². The molecule has 4 nitrogen and oxygen atoms in total. The second-order valence-electron chi connectivity index (χ2n) is 7.23. The molecule has 2 atom stereocenters. The summed E-state index contributed by atoms with van der Waals surface area (Å²) in [7, 11) is 0. The maximum Gasteiger partial charge on any atom is 0.302 e. The second-order valence-corrected chi connectivity index (χ2v) is 8.15. The van der Waals surface area contributed by atoms with Crippen molar-refractivity contribution >= 4 is 39.0 Å². The Bertz CT molecular complexity index is 708. The van der Waals surface area contributed by atoms with Crippen molar-refractivity contribution in [3.63, 3.8) is 0 Å². The zero-order valence-electron chi connectivity index (χ0n) is 13.1. The third kappa shape index (κ3) is 3.35.